The van der Waals surface area contributed by atoms with Crippen LogP contribution in [0.3, 0.4) is 0 Å². The van der Waals surface area contributed by atoms with Crippen molar-refractivity contribution < 1.29 is 9.53 Å². The third kappa shape index (κ3) is 3.45. The van der Waals surface area contributed by atoms with Crippen LogP contribution in [-0.2, 0) is 9.53 Å². The number of carbonyl (C=O) groups is 1. The van der Waals surface area contributed by atoms with Crippen LogP contribution in [0.1, 0.15) is 19.5 Å². The summed E-state index contributed by atoms with van der Waals surface area (Å²) in [7, 11) is 1.35. The van der Waals surface area contributed by atoms with Crippen molar-refractivity contribution in [3.05, 3.63) is 24.0 Å². The molecule has 0 bridgehead atoms. The molecular formula is C12H15N3O2. The highest BCUT2D eigenvalue weighted by Crippen LogP contribution is 2.14. The van der Waals surface area contributed by atoms with Gasteiger partial charge in [-0.05, 0) is 18.1 Å². The van der Waals surface area contributed by atoms with Gasteiger partial charge in [0.05, 0.1) is 7.11 Å². The Morgan fingerprint density at radius 1 is 1.59 bits per heavy atom. The molecule has 0 aliphatic rings. The van der Waals surface area contributed by atoms with E-state index in [1.54, 1.807) is 12.1 Å². The van der Waals surface area contributed by atoms with E-state index in [0.29, 0.717) is 11.4 Å². The summed E-state index contributed by atoms with van der Waals surface area (Å²) in [6.07, 6.45) is 1.52. The number of anilines is 1. The quantitative estimate of drug-likeness (QED) is 0.799. The Labute approximate surface area is 100 Å². The molecule has 90 valence electrons. The molecule has 1 heterocycles. The zero-order valence-corrected chi connectivity index (χ0v) is 10.1. The van der Waals surface area contributed by atoms with E-state index in [1.165, 1.54) is 13.3 Å². The van der Waals surface area contributed by atoms with Crippen molar-refractivity contribution in [1.82, 2.24) is 4.98 Å². The van der Waals surface area contributed by atoms with E-state index in [0.717, 1.165) is 0 Å². The van der Waals surface area contributed by atoms with Gasteiger partial charge in [0.2, 0.25) is 0 Å². The molecule has 0 amide bonds. The van der Waals surface area contributed by atoms with Crippen molar-refractivity contribution in [2.24, 2.45) is 5.92 Å². The number of methoxy groups -OCH3 is 1. The van der Waals surface area contributed by atoms with E-state index < -0.39 is 6.04 Å². The van der Waals surface area contributed by atoms with Crippen molar-refractivity contribution in [2.45, 2.75) is 19.9 Å². The third-order valence-electron chi connectivity index (χ3n) is 2.32. The molecule has 0 saturated heterocycles. The fourth-order valence-corrected chi connectivity index (χ4v) is 1.39. The molecule has 5 heteroatoms. The van der Waals surface area contributed by atoms with E-state index in [9.17, 15) is 4.79 Å². The highest BCUT2D eigenvalue weighted by molar-refractivity contribution is 5.79. The van der Waals surface area contributed by atoms with Gasteiger partial charge in [-0.15, -0.1) is 0 Å². The maximum absolute atomic E-state index is 11.5. The number of pyridine rings is 1. The van der Waals surface area contributed by atoms with Crippen LogP contribution in [0.4, 0.5) is 5.69 Å². The highest BCUT2D eigenvalue weighted by Gasteiger charge is 2.22. The minimum absolute atomic E-state index is 0.0844. The van der Waals surface area contributed by atoms with Gasteiger partial charge >= 0.3 is 5.97 Å². The molecule has 1 aromatic rings. The summed E-state index contributed by atoms with van der Waals surface area (Å²) in [5.41, 5.74) is 0.989. The molecule has 5 nitrogen and oxygen atoms in total. The lowest BCUT2D eigenvalue weighted by Crippen LogP contribution is -2.35. The summed E-state index contributed by atoms with van der Waals surface area (Å²) >= 11 is 0. The van der Waals surface area contributed by atoms with Gasteiger partial charge in [-0.1, -0.05) is 13.8 Å². The van der Waals surface area contributed by atoms with Crippen molar-refractivity contribution >= 4 is 11.7 Å². The van der Waals surface area contributed by atoms with Crippen molar-refractivity contribution in [2.75, 3.05) is 12.4 Å². The van der Waals surface area contributed by atoms with Crippen LogP contribution in [0.5, 0.6) is 0 Å². The van der Waals surface area contributed by atoms with Crippen molar-refractivity contribution in [3.8, 4) is 6.07 Å². The fourth-order valence-electron chi connectivity index (χ4n) is 1.39. The maximum atomic E-state index is 11.5. The SMILES string of the molecule is COC(=O)C(Nc1ccnc(C#N)c1)C(C)C. The molecule has 0 aliphatic heterocycles. The molecule has 0 aromatic carbocycles. The Hall–Kier alpha value is -2.09. The zero-order chi connectivity index (χ0) is 12.8. The monoisotopic (exact) mass is 233 g/mol. The first-order valence-electron chi connectivity index (χ1n) is 5.29. The van der Waals surface area contributed by atoms with Crippen LogP contribution in [0, 0.1) is 17.2 Å². The summed E-state index contributed by atoms with van der Waals surface area (Å²) in [6.45, 7) is 3.84. The van der Waals surface area contributed by atoms with Crippen LogP contribution < -0.4 is 5.32 Å². The number of nitrogens with one attached hydrogen (secondary N) is 1. The van der Waals surface area contributed by atoms with E-state index in [-0.39, 0.29) is 11.9 Å². The first-order valence-corrected chi connectivity index (χ1v) is 5.29. The molecule has 0 spiro atoms. The molecule has 1 N–H and O–H groups in total. The number of esters is 1. The van der Waals surface area contributed by atoms with Crippen LogP contribution in [0.2, 0.25) is 0 Å². The summed E-state index contributed by atoms with van der Waals surface area (Å²) in [5, 5.41) is 11.8. The maximum Gasteiger partial charge on any atom is 0.328 e. The molecule has 0 fully saturated rings. The minimum atomic E-state index is -0.436. The average Bonchev–Trinajstić information content (AvgIpc) is 2.35. The molecule has 0 radical (unpaired) electrons. The molecular weight excluding hydrogens is 218 g/mol. The molecule has 0 aliphatic carbocycles. The second-order valence-electron chi connectivity index (χ2n) is 3.93. The standard InChI is InChI=1S/C12H15N3O2/c1-8(2)11(12(16)17-3)15-9-4-5-14-10(6-9)7-13/h4-6,8,11H,1-3H3,(H,14,15). The highest BCUT2D eigenvalue weighted by atomic mass is 16.5. The summed E-state index contributed by atoms with van der Waals surface area (Å²) in [5.74, 6) is -0.239. The predicted molar refractivity (Wildman–Crippen MR) is 63.2 cm³/mol. The molecule has 1 atom stereocenters. The van der Waals surface area contributed by atoms with Crippen LogP contribution in [0.25, 0.3) is 0 Å². The lowest BCUT2D eigenvalue weighted by molar-refractivity contribution is -0.142. The first-order chi connectivity index (χ1) is 8.08. The lowest BCUT2D eigenvalue weighted by Gasteiger charge is -2.20. The topological polar surface area (TPSA) is 75.0 Å². The Morgan fingerprint density at radius 2 is 2.29 bits per heavy atom. The van der Waals surface area contributed by atoms with Crippen LogP contribution in [-0.4, -0.2) is 24.1 Å². The van der Waals surface area contributed by atoms with E-state index >= 15 is 0 Å². The van der Waals surface area contributed by atoms with Gasteiger partial charge in [-0.3, -0.25) is 0 Å². The van der Waals surface area contributed by atoms with E-state index in [4.69, 9.17) is 10.00 Å². The number of rotatable bonds is 4. The number of ether oxygens (including phenoxy) is 1. The van der Waals surface area contributed by atoms with Crippen LogP contribution in [0.15, 0.2) is 18.3 Å². The predicted octanol–water partition coefficient (Wildman–Crippen LogP) is 1.56. The molecule has 0 saturated carbocycles. The Morgan fingerprint density at radius 3 is 2.82 bits per heavy atom. The Kier molecular flexibility index (Phi) is 4.46. The Balaban J connectivity index is 2.86. The zero-order valence-electron chi connectivity index (χ0n) is 10.1. The summed E-state index contributed by atoms with van der Waals surface area (Å²) < 4.78 is 4.72. The fraction of sp³-hybridized carbons (Fsp3) is 0.417. The van der Waals surface area contributed by atoms with Crippen LogP contribution >= 0.6 is 0 Å². The lowest BCUT2D eigenvalue weighted by atomic mass is 10.0. The molecule has 17 heavy (non-hydrogen) atoms. The average molecular weight is 233 g/mol. The van der Waals surface area contributed by atoms with Gasteiger partial charge < -0.3 is 10.1 Å². The normalized spacial score (nSPS) is 11.7. The smallest absolute Gasteiger partial charge is 0.328 e. The Bertz CT molecular complexity index is 438. The number of nitriles is 1. The summed E-state index contributed by atoms with van der Waals surface area (Å²) in [6, 6.07) is 4.81. The number of hydrogen-bond donors (Lipinski definition) is 1. The molecule has 1 rings (SSSR count). The number of aromatic nitrogens is 1. The third-order valence-corrected chi connectivity index (χ3v) is 2.32. The van der Waals surface area contributed by atoms with Gasteiger partial charge in [-0.2, -0.15) is 5.26 Å². The number of hydrogen-bond acceptors (Lipinski definition) is 5. The second kappa shape index (κ2) is 5.85. The number of carbonyl (C=O) groups excluding carboxylic acids is 1. The number of nitrogens with zero attached hydrogens (tertiary/aromatic N) is 2. The van der Waals surface area contributed by atoms with Gasteiger partial charge in [0, 0.05) is 11.9 Å². The molecule has 1 unspecified atom stereocenters. The van der Waals surface area contributed by atoms with Gasteiger partial charge in [0.25, 0.3) is 0 Å². The first kappa shape index (κ1) is 13.0. The van der Waals surface area contributed by atoms with Crippen molar-refractivity contribution in [3.63, 3.8) is 0 Å². The van der Waals surface area contributed by atoms with Crippen molar-refractivity contribution in [1.29, 1.82) is 5.26 Å². The van der Waals surface area contributed by atoms with E-state index in [2.05, 4.69) is 10.3 Å². The van der Waals surface area contributed by atoms with E-state index in [1.807, 2.05) is 19.9 Å². The van der Waals surface area contributed by atoms with Gasteiger partial charge in [0.15, 0.2) is 0 Å². The second-order valence-corrected chi connectivity index (χ2v) is 3.93. The molecule has 1 aromatic heterocycles. The summed E-state index contributed by atoms with van der Waals surface area (Å²) in [4.78, 5) is 15.4. The largest absolute Gasteiger partial charge is 0.467 e. The van der Waals surface area contributed by atoms with Gasteiger partial charge in [-0.25, -0.2) is 9.78 Å². The van der Waals surface area contributed by atoms with Gasteiger partial charge in [0.1, 0.15) is 17.8 Å². The minimum Gasteiger partial charge on any atom is -0.467 e.